The Balaban J connectivity index is 1.55. The van der Waals surface area contributed by atoms with Crippen LogP contribution < -0.4 is 4.74 Å². The fourth-order valence-corrected chi connectivity index (χ4v) is 4.48. The molecule has 1 aliphatic heterocycles. The van der Waals surface area contributed by atoms with E-state index >= 15 is 0 Å². The molecule has 1 fully saturated rings. The first kappa shape index (κ1) is 16.3. The molecule has 1 atom stereocenters. The molecule has 1 aromatic heterocycles. The van der Waals surface area contributed by atoms with Crippen LogP contribution in [0.25, 0.3) is 0 Å². The molecule has 1 aliphatic carbocycles. The summed E-state index contributed by atoms with van der Waals surface area (Å²) in [6.07, 6.45) is 6.68. The predicted octanol–water partition coefficient (Wildman–Crippen LogP) is 2.98. The van der Waals surface area contributed by atoms with Gasteiger partial charge in [0.25, 0.3) is 0 Å². The third-order valence-corrected chi connectivity index (χ3v) is 5.67. The number of aromatic hydroxyl groups is 1. The van der Waals surface area contributed by atoms with Crippen molar-refractivity contribution in [2.24, 2.45) is 0 Å². The number of hydrogen-bond donors (Lipinski definition) is 1. The zero-order chi connectivity index (χ0) is 17.4. The molecule has 1 saturated heterocycles. The second-order valence-corrected chi connectivity index (χ2v) is 7.39. The molecule has 1 spiro atoms. The molecule has 132 valence electrons. The topological polar surface area (TPSA) is 58.5 Å². The third kappa shape index (κ3) is 2.97. The molecule has 1 aromatic carbocycles. The van der Waals surface area contributed by atoms with Gasteiger partial charge in [-0.05, 0) is 62.4 Å². The number of hydrogen-bond acceptors (Lipinski definition) is 5. The molecule has 0 amide bonds. The summed E-state index contributed by atoms with van der Waals surface area (Å²) in [4.78, 5) is 11.7. The van der Waals surface area contributed by atoms with Crippen molar-refractivity contribution in [3.05, 3.63) is 47.0 Å². The van der Waals surface area contributed by atoms with Crippen LogP contribution in [0.1, 0.15) is 41.9 Å². The first-order valence-electron chi connectivity index (χ1n) is 9.01. The lowest BCUT2D eigenvalue weighted by Gasteiger charge is -2.40. The van der Waals surface area contributed by atoms with E-state index in [9.17, 15) is 5.11 Å². The lowest BCUT2D eigenvalue weighted by atomic mass is 9.77. The standard InChI is InChI=1S/C20H25N3O2/c1-14-21-11-16-6-8-20(19(16)22-14)7-3-9-23(13-20)12-15-4-5-18(25-2)17(24)10-15/h4-5,10-11,24H,3,6-9,12-13H2,1-2H3. The number of phenols is 1. The van der Waals surface area contributed by atoms with Crippen LogP contribution >= 0.6 is 0 Å². The highest BCUT2D eigenvalue weighted by Gasteiger charge is 2.43. The van der Waals surface area contributed by atoms with Crippen LogP contribution in [0.2, 0.25) is 0 Å². The smallest absolute Gasteiger partial charge is 0.160 e. The molecule has 25 heavy (non-hydrogen) atoms. The van der Waals surface area contributed by atoms with Gasteiger partial charge in [0.15, 0.2) is 11.5 Å². The summed E-state index contributed by atoms with van der Waals surface area (Å²) < 4.78 is 5.14. The average Bonchev–Trinajstić information content (AvgIpc) is 2.93. The zero-order valence-corrected chi connectivity index (χ0v) is 15.0. The molecule has 0 saturated carbocycles. The van der Waals surface area contributed by atoms with Gasteiger partial charge >= 0.3 is 0 Å². The van der Waals surface area contributed by atoms with Gasteiger partial charge in [0.05, 0.1) is 12.8 Å². The van der Waals surface area contributed by atoms with Crippen LogP contribution in [0.4, 0.5) is 0 Å². The first-order valence-corrected chi connectivity index (χ1v) is 9.01. The van der Waals surface area contributed by atoms with E-state index in [1.54, 1.807) is 7.11 Å². The van der Waals surface area contributed by atoms with E-state index in [0.717, 1.165) is 37.4 Å². The molecular formula is C20H25N3O2. The fraction of sp³-hybridized carbons (Fsp3) is 0.500. The molecule has 2 heterocycles. The van der Waals surface area contributed by atoms with Gasteiger partial charge in [-0.25, -0.2) is 9.97 Å². The highest BCUT2D eigenvalue weighted by atomic mass is 16.5. The van der Waals surface area contributed by atoms with Crippen LogP contribution in [0.3, 0.4) is 0 Å². The maximum atomic E-state index is 10.0. The molecule has 2 aliphatic rings. The minimum Gasteiger partial charge on any atom is -0.504 e. The molecule has 1 N–H and O–H groups in total. The van der Waals surface area contributed by atoms with Crippen molar-refractivity contribution in [2.75, 3.05) is 20.2 Å². The number of methoxy groups -OCH3 is 1. The van der Waals surface area contributed by atoms with Crippen molar-refractivity contribution in [1.82, 2.24) is 14.9 Å². The van der Waals surface area contributed by atoms with E-state index in [1.165, 1.54) is 30.5 Å². The van der Waals surface area contributed by atoms with Gasteiger partial charge in [0.1, 0.15) is 5.82 Å². The number of aryl methyl sites for hydroxylation is 2. The van der Waals surface area contributed by atoms with Crippen LogP contribution in [0.5, 0.6) is 11.5 Å². The lowest BCUT2D eigenvalue weighted by molar-refractivity contribution is 0.136. The van der Waals surface area contributed by atoms with Gasteiger partial charge in [-0.3, -0.25) is 4.90 Å². The summed E-state index contributed by atoms with van der Waals surface area (Å²) in [7, 11) is 1.57. The summed E-state index contributed by atoms with van der Waals surface area (Å²) in [5.74, 6) is 1.61. The molecule has 1 unspecified atom stereocenters. The van der Waals surface area contributed by atoms with Gasteiger partial charge in [-0.2, -0.15) is 0 Å². The second kappa shape index (κ2) is 6.30. The summed E-state index contributed by atoms with van der Waals surface area (Å²) in [6.45, 7) is 4.95. The number of likely N-dealkylation sites (tertiary alicyclic amines) is 1. The Morgan fingerprint density at radius 3 is 3.00 bits per heavy atom. The molecule has 5 heteroatoms. The Morgan fingerprint density at radius 1 is 1.32 bits per heavy atom. The molecule has 0 radical (unpaired) electrons. The van der Waals surface area contributed by atoms with Gasteiger partial charge in [-0.1, -0.05) is 6.07 Å². The van der Waals surface area contributed by atoms with Gasteiger partial charge in [0.2, 0.25) is 0 Å². The number of fused-ring (bicyclic) bond motifs is 2. The Bertz CT molecular complexity index is 789. The number of benzene rings is 1. The van der Waals surface area contributed by atoms with E-state index in [4.69, 9.17) is 9.72 Å². The fourth-order valence-electron chi connectivity index (χ4n) is 4.48. The normalized spacial score (nSPS) is 23.0. The van der Waals surface area contributed by atoms with E-state index in [2.05, 4.69) is 9.88 Å². The maximum absolute atomic E-state index is 10.0. The number of rotatable bonds is 3. The van der Waals surface area contributed by atoms with Crippen molar-refractivity contribution in [2.45, 2.75) is 44.6 Å². The van der Waals surface area contributed by atoms with Crippen molar-refractivity contribution in [3.8, 4) is 11.5 Å². The van der Waals surface area contributed by atoms with E-state index in [-0.39, 0.29) is 11.2 Å². The number of piperidine rings is 1. The Labute approximate surface area is 148 Å². The summed E-state index contributed by atoms with van der Waals surface area (Å²) in [5.41, 5.74) is 3.90. The molecule has 5 nitrogen and oxygen atoms in total. The minimum atomic E-state index is 0.176. The average molecular weight is 339 g/mol. The SMILES string of the molecule is COc1ccc(CN2CCCC3(CCc4cnc(C)nc43)C2)cc1O. The van der Waals surface area contributed by atoms with Gasteiger partial charge in [0, 0.05) is 24.7 Å². The summed E-state index contributed by atoms with van der Waals surface area (Å²) in [6, 6.07) is 5.69. The summed E-state index contributed by atoms with van der Waals surface area (Å²) in [5, 5.41) is 10.0. The second-order valence-electron chi connectivity index (χ2n) is 7.39. The van der Waals surface area contributed by atoms with Gasteiger partial charge in [-0.15, -0.1) is 0 Å². The minimum absolute atomic E-state index is 0.176. The van der Waals surface area contributed by atoms with Crippen LogP contribution in [0.15, 0.2) is 24.4 Å². The first-order chi connectivity index (χ1) is 12.1. The third-order valence-electron chi connectivity index (χ3n) is 5.67. The van der Waals surface area contributed by atoms with Gasteiger partial charge < -0.3 is 9.84 Å². The van der Waals surface area contributed by atoms with E-state index < -0.39 is 0 Å². The number of aromatic nitrogens is 2. The highest BCUT2D eigenvalue weighted by Crippen LogP contribution is 2.44. The number of nitrogens with zero attached hydrogens (tertiary/aromatic N) is 3. The van der Waals surface area contributed by atoms with Crippen molar-refractivity contribution >= 4 is 0 Å². The highest BCUT2D eigenvalue weighted by molar-refractivity contribution is 5.41. The molecule has 4 rings (SSSR count). The Kier molecular flexibility index (Phi) is 4.12. The number of ether oxygens (including phenoxy) is 1. The van der Waals surface area contributed by atoms with Crippen molar-refractivity contribution in [3.63, 3.8) is 0 Å². The molecule has 0 bridgehead atoms. The Morgan fingerprint density at radius 2 is 2.20 bits per heavy atom. The predicted molar refractivity (Wildman–Crippen MR) is 95.9 cm³/mol. The molecular weight excluding hydrogens is 314 g/mol. The van der Waals surface area contributed by atoms with Crippen LogP contribution in [-0.2, 0) is 18.4 Å². The van der Waals surface area contributed by atoms with Crippen molar-refractivity contribution in [1.29, 1.82) is 0 Å². The lowest BCUT2D eigenvalue weighted by Crippen LogP contribution is -2.45. The quantitative estimate of drug-likeness (QED) is 0.932. The maximum Gasteiger partial charge on any atom is 0.160 e. The number of phenolic OH excluding ortho intramolecular Hbond substituents is 1. The van der Waals surface area contributed by atoms with Crippen molar-refractivity contribution < 1.29 is 9.84 Å². The largest absolute Gasteiger partial charge is 0.504 e. The summed E-state index contributed by atoms with van der Waals surface area (Å²) >= 11 is 0. The van der Waals surface area contributed by atoms with E-state index in [1.807, 2.05) is 31.3 Å². The van der Waals surface area contributed by atoms with Crippen LogP contribution in [-0.4, -0.2) is 40.2 Å². The zero-order valence-electron chi connectivity index (χ0n) is 15.0. The van der Waals surface area contributed by atoms with E-state index in [0.29, 0.717) is 5.75 Å². The molecule has 2 aromatic rings. The monoisotopic (exact) mass is 339 g/mol. The Hall–Kier alpha value is -2.14. The van der Waals surface area contributed by atoms with Crippen LogP contribution in [0, 0.1) is 6.92 Å².